The van der Waals surface area contributed by atoms with E-state index in [9.17, 15) is 4.79 Å². The van der Waals surface area contributed by atoms with Crippen molar-refractivity contribution in [2.24, 2.45) is 10.7 Å². The number of para-hydroxylation sites is 1. The number of carbonyl (C=O) groups is 1. The van der Waals surface area contributed by atoms with Crippen molar-refractivity contribution in [1.29, 1.82) is 0 Å². The van der Waals surface area contributed by atoms with Gasteiger partial charge in [0.25, 0.3) is 5.91 Å². The molecule has 1 amide bonds. The van der Waals surface area contributed by atoms with Crippen LogP contribution in [0.1, 0.15) is 47.6 Å². The standard InChI is InChI=1S/C20H24N4O2.HI/c1-22-19(23-12-14-8-9-17(26-14)18(21)25)24-13-20(10-4-5-11-20)15-6-2-3-7-16(15)24;/h2-3,6-9H,4-5,10-13H2,1H3,(H2,21,25)(H,22,23);1H. The van der Waals surface area contributed by atoms with Crippen LogP contribution in [-0.2, 0) is 12.0 Å². The van der Waals surface area contributed by atoms with Gasteiger partial charge in [-0.15, -0.1) is 24.0 Å². The average Bonchev–Trinajstić information content (AvgIpc) is 3.37. The van der Waals surface area contributed by atoms with E-state index in [0.717, 1.165) is 12.5 Å². The first-order valence-electron chi connectivity index (χ1n) is 9.09. The molecule has 2 heterocycles. The van der Waals surface area contributed by atoms with Crippen LogP contribution in [0.5, 0.6) is 0 Å². The Kier molecular flexibility index (Phi) is 5.78. The monoisotopic (exact) mass is 480 g/mol. The van der Waals surface area contributed by atoms with Crippen LogP contribution in [0.25, 0.3) is 0 Å². The molecular formula is C20H25IN4O2. The fourth-order valence-corrected chi connectivity index (χ4v) is 4.37. The summed E-state index contributed by atoms with van der Waals surface area (Å²) in [6, 6.07) is 12.0. The van der Waals surface area contributed by atoms with Gasteiger partial charge >= 0.3 is 0 Å². The predicted molar refractivity (Wildman–Crippen MR) is 117 cm³/mol. The number of amides is 1. The Morgan fingerprint density at radius 2 is 2.00 bits per heavy atom. The highest BCUT2D eigenvalue weighted by molar-refractivity contribution is 14.0. The first kappa shape index (κ1) is 19.7. The number of anilines is 1. The Hall–Kier alpha value is -2.03. The zero-order valence-corrected chi connectivity index (χ0v) is 17.7. The van der Waals surface area contributed by atoms with Gasteiger partial charge in [0.1, 0.15) is 5.76 Å². The van der Waals surface area contributed by atoms with E-state index in [2.05, 4.69) is 39.5 Å². The van der Waals surface area contributed by atoms with E-state index in [1.807, 2.05) is 0 Å². The first-order valence-corrected chi connectivity index (χ1v) is 9.09. The maximum Gasteiger partial charge on any atom is 0.284 e. The lowest BCUT2D eigenvalue weighted by molar-refractivity contribution is 0.0972. The topological polar surface area (TPSA) is 83.9 Å². The lowest BCUT2D eigenvalue weighted by atomic mass is 9.81. The number of benzene rings is 1. The number of fused-ring (bicyclic) bond motifs is 2. The minimum absolute atomic E-state index is 0. The molecule has 0 atom stereocenters. The highest BCUT2D eigenvalue weighted by Crippen LogP contribution is 2.50. The van der Waals surface area contributed by atoms with Gasteiger partial charge in [-0.05, 0) is 36.6 Å². The Balaban J connectivity index is 0.00000210. The number of carbonyl (C=O) groups excluding carboxylic acids is 1. The van der Waals surface area contributed by atoms with Gasteiger partial charge in [-0.3, -0.25) is 9.79 Å². The van der Waals surface area contributed by atoms with Crippen LogP contribution in [0.2, 0.25) is 0 Å². The normalized spacial score (nSPS) is 17.7. The van der Waals surface area contributed by atoms with Crippen LogP contribution < -0.4 is 16.0 Å². The second-order valence-corrected chi connectivity index (χ2v) is 7.12. The quantitative estimate of drug-likeness (QED) is 0.401. The first-order chi connectivity index (χ1) is 12.6. The fraction of sp³-hybridized carbons (Fsp3) is 0.400. The third kappa shape index (κ3) is 3.56. The summed E-state index contributed by atoms with van der Waals surface area (Å²) in [7, 11) is 1.79. The minimum atomic E-state index is -0.558. The molecule has 0 saturated heterocycles. The van der Waals surface area contributed by atoms with E-state index >= 15 is 0 Å². The Morgan fingerprint density at radius 1 is 1.26 bits per heavy atom. The molecule has 1 fully saturated rings. The van der Waals surface area contributed by atoms with Gasteiger partial charge in [-0.25, -0.2) is 0 Å². The molecule has 3 N–H and O–H groups in total. The lowest BCUT2D eigenvalue weighted by Crippen LogP contribution is -2.43. The second-order valence-electron chi connectivity index (χ2n) is 7.12. The third-order valence-electron chi connectivity index (χ3n) is 5.58. The Labute approximate surface area is 176 Å². The van der Waals surface area contributed by atoms with Crippen LogP contribution in [0.3, 0.4) is 0 Å². The van der Waals surface area contributed by atoms with Gasteiger partial charge in [0.05, 0.1) is 6.54 Å². The number of guanidine groups is 1. The number of rotatable bonds is 3. The molecule has 4 rings (SSSR count). The molecule has 0 radical (unpaired) electrons. The largest absolute Gasteiger partial charge is 0.454 e. The number of hydrogen-bond acceptors (Lipinski definition) is 3. The molecule has 0 bridgehead atoms. The lowest BCUT2D eigenvalue weighted by Gasteiger charge is -2.26. The summed E-state index contributed by atoms with van der Waals surface area (Å²) in [5, 5.41) is 3.36. The molecule has 1 aromatic heterocycles. The summed E-state index contributed by atoms with van der Waals surface area (Å²) < 4.78 is 5.45. The molecule has 1 spiro atoms. The van der Waals surface area contributed by atoms with E-state index in [0.29, 0.717) is 12.3 Å². The van der Waals surface area contributed by atoms with Crippen LogP contribution in [0.15, 0.2) is 45.8 Å². The molecular weight excluding hydrogens is 455 g/mol. The summed E-state index contributed by atoms with van der Waals surface area (Å²) in [5.74, 6) is 1.09. The molecule has 2 aliphatic rings. The van der Waals surface area contributed by atoms with E-state index in [4.69, 9.17) is 10.2 Å². The highest BCUT2D eigenvalue weighted by atomic mass is 127. The minimum Gasteiger partial charge on any atom is -0.454 e. The number of nitrogens with two attached hydrogens (primary N) is 1. The van der Waals surface area contributed by atoms with Crippen LogP contribution >= 0.6 is 24.0 Å². The molecule has 1 aliphatic heterocycles. The maximum absolute atomic E-state index is 11.2. The molecule has 2 aromatic rings. The van der Waals surface area contributed by atoms with Crippen molar-refractivity contribution in [3.05, 3.63) is 53.5 Å². The Bertz CT molecular complexity index is 855. The molecule has 144 valence electrons. The maximum atomic E-state index is 11.2. The molecule has 0 unspecified atom stereocenters. The SMILES string of the molecule is CN=C(NCc1ccc(C(N)=O)o1)N1CC2(CCCC2)c2ccccc21.I. The van der Waals surface area contributed by atoms with Crippen molar-refractivity contribution >= 4 is 41.5 Å². The molecule has 6 nitrogen and oxygen atoms in total. The number of aliphatic imine (C=N–C) groups is 1. The molecule has 1 aliphatic carbocycles. The fourth-order valence-electron chi connectivity index (χ4n) is 4.37. The van der Waals surface area contributed by atoms with Crippen molar-refractivity contribution in [3.63, 3.8) is 0 Å². The van der Waals surface area contributed by atoms with E-state index < -0.39 is 5.91 Å². The van der Waals surface area contributed by atoms with Crippen molar-refractivity contribution in [3.8, 4) is 0 Å². The van der Waals surface area contributed by atoms with Gasteiger partial charge in [0, 0.05) is 24.7 Å². The molecule has 27 heavy (non-hydrogen) atoms. The van der Waals surface area contributed by atoms with Gasteiger partial charge in [-0.2, -0.15) is 0 Å². The van der Waals surface area contributed by atoms with Gasteiger partial charge < -0.3 is 20.4 Å². The number of nitrogens with zero attached hydrogens (tertiary/aromatic N) is 2. The third-order valence-corrected chi connectivity index (χ3v) is 5.58. The second kappa shape index (κ2) is 7.92. The van der Waals surface area contributed by atoms with Crippen molar-refractivity contribution in [2.45, 2.75) is 37.6 Å². The number of primary amides is 1. The van der Waals surface area contributed by atoms with Crippen LogP contribution in [0.4, 0.5) is 5.69 Å². The summed E-state index contributed by atoms with van der Waals surface area (Å²) >= 11 is 0. The van der Waals surface area contributed by atoms with Crippen LogP contribution in [-0.4, -0.2) is 25.5 Å². The number of nitrogens with one attached hydrogen (secondary N) is 1. The van der Waals surface area contributed by atoms with Gasteiger partial charge in [-0.1, -0.05) is 31.0 Å². The number of furan rings is 1. The molecule has 1 saturated carbocycles. The van der Waals surface area contributed by atoms with E-state index in [1.165, 1.54) is 36.9 Å². The number of hydrogen-bond donors (Lipinski definition) is 2. The summed E-state index contributed by atoms with van der Waals surface area (Å²) in [6.45, 7) is 1.41. The smallest absolute Gasteiger partial charge is 0.284 e. The van der Waals surface area contributed by atoms with Crippen molar-refractivity contribution in [1.82, 2.24) is 5.32 Å². The summed E-state index contributed by atoms with van der Waals surface area (Å²) in [6.07, 6.45) is 5.04. The Morgan fingerprint density at radius 3 is 2.67 bits per heavy atom. The number of halogens is 1. The van der Waals surface area contributed by atoms with E-state index in [1.54, 1.807) is 19.2 Å². The molecule has 7 heteroatoms. The van der Waals surface area contributed by atoms with Crippen molar-refractivity contribution < 1.29 is 9.21 Å². The zero-order chi connectivity index (χ0) is 18.1. The van der Waals surface area contributed by atoms with Gasteiger partial charge in [0.2, 0.25) is 0 Å². The molecule has 1 aromatic carbocycles. The van der Waals surface area contributed by atoms with Gasteiger partial charge in [0.15, 0.2) is 11.7 Å². The van der Waals surface area contributed by atoms with Crippen molar-refractivity contribution in [2.75, 3.05) is 18.5 Å². The summed E-state index contributed by atoms with van der Waals surface area (Å²) in [4.78, 5) is 17.9. The average molecular weight is 480 g/mol. The predicted octanol–water partition coefficient (Wildman–Crippen LogP) is 3.40. The summed E-state index contributed by atoms with van der Waals surface area (Å²) in [5.41, 5.74) is 8.17. The highest BCUT2D eigenvalue weighted by Gasteiger charge is 2.45. The zero-order valence-electron chi connectivity index (χ0n) is 15.4. The van der Waals surface area contributed by atoms with Crippen LogP contribution in [0, 0.1) is 0 Å². The van der Waals surface area contributed by atoms with E-state index in [-0.39, 0.29) is 35.2 Å².